The first-order valence-corrected chi connectivity index (χ1v) is 23.4. The van der Waals surface area contributed by atoms with E-state index in [4.69, 9.17) is 23.1 Å². The summed E-state index contributed by atoms with van der Waals surface area (Å²) >= 11 is 0. The van der Waals surface area contributed by atoms with Crippen LogP contribution in [0.25, 0.3) is 0 Å². The standard InChI is InChI=1S/C36H55F2N5O9Si2/c1-13-20-48-32(46)39-23(2)29(44)40-25-16-14-24(15-17-25)21-49-33(47)42-27-18-19-43(31(45)41-27)30-36(37,38)28(52-54(11,12)35(6,7)8)26(51-30)22-50-53(9,10)34(3,4)5/h13-19,23,26,28,30H,1,20-22H2,2-12H3,(H,39,46)(H,40,44)(H,41,42,45,47)/t23-,26+,28+,30+/m0/s1. The van der Waals surface area contributed by atoms with Crippen LogP contribution >= 0.6 is 0 Å². The average molecular weight is 796 g/mol. The van der Waals surface area contributed by atoms with Crippen molar-refractivity contribution < 1.29 is 46.2 Å². The molecule has 1 fully saturated rings. The lowest BCUT2D eigenvalue weighted by molar-refractivity contribution is -0.138. The Hall–Kier alpha value is -3.98. The predicted octanol–water partition coefficient (Wildman–Crippen LogP) is 7.18. The molecule has 0 aliphatic carbocycles. The number of nitrogens with one attached hydrogen (secondary N) is 3. The molecule has 1 saturated heterocycles. The van der Waals surface area contributed by atoms with Crippen LogP contribution in [0.3, 0.4) is 0 Å². The Morgan fingerprint density at radius 3 is 2.15 bits per heavy atom. The van der Waals surface area contributed by atoms with Crippen LogP contribution in [0.1, 0.15) is 60.3 Å². The fourth-order valence-electron chi connectivity index (χ4n) is 4.55. The van der Waals surface area contributed by atoms with Crippen LogP contribution in [0.5, 0.6) is 0 Å². The minimum Gasteiger partial charge on any atom is -0.445 e. The molecule has 2 aromatic rings. The topological polar surface area (TPSA) is 168 Å². The Bertz CT molecular complexity index is 1710. The summed E-state index contributed by atoms with van der Waals surface area (Å²) in [5.41, 5.74) is -0.0894. The summed E-state index contributed by atoms with van der Waals surface area (Å²) in [6.07, 6.45) is -4.12. The number of rotatable bonds is 14. The van der Waals surface area contributed by atoms with Crippen molar-refractivity contribution in [1.29, 1.82) is 0 Å². The Balaban J connectivity index is 1.67. The molecule has 300 valence electrons. The van der Waals surface area contributed by atoms with Crippen LogP contribution in [0.2, 0.25) is 36.3 Å². The highest BCUT2D eigenvalue weighted by Crippen LogP contribution is 2.48. The molecule has 3 amide bonds. The lowest BCUT2D eigenvalue weighted by atomic mass is 10.1. The Kier molecular flexibility index (Phi) is 14.2. The van der Waals surface area contributed by atoms with Crippen molar-refractivity contribution in [3.05, 3.63) is 65.2 Å². The molecule has 3 rings (SSSR count). The second-order valence-electron chi connectivity index (χ2n) is 16.2. The van der Waals surface area contributed by atoms with Gasteiger partial charge in [0, 0.05) is 11.9 Å². The Morgan fingerprint density at radius 1 is 0.981 bits per heavy atom. The number of amides is 3. The van der Waals surface area contributed by atoms with E-state index in [9.17, 15) is 19.2 Å². The lowest BCUT2D eigenvalue weighted by Crippen LogP contribution is -2.53. The number of nitrogens with zero attached hydrogens (tertiary/aromatic N) is 2. The van der Waals surface area contributed by atoms with E-state index < -0.39 is 70.8 Å². The van der Waals surface area contributed by atoms with Crippen molar-refractivity contribution in [2.24, 2.45) is 0 Å². The van der Waals surface area contributed by atoms with Gasteiger partial charge in [-0.15, -0.1) is 0 Å². The maximum Gasteiger partial charge on any atom is 0.413 e. The third-order valence-corrected chi connectivity index (χ3v) is 18.9. The van der Waals surface area contributed by atoms with Crippen LogP contribution < -0.4 is 21.6 Å². The molecule has 0 radical (unpaired) electrons. The van der Waals surface area contributed by atoms with Gasteiger partial charge in [0.25, 0.3) is 0 Å². The van der Waals surface area contributed by atoms with Crippen molar-refractivity contribution in [3.8, 4) is 0 Å². The van der Waals surface area contributed by atoms with Crippen molar-refractivity contribution in [2.75, 3.05) is 23.8 Å². The number of ether oxygens (including phenoxy) is 3. The third kappa shape index (κ3) is 11.3. The third-order valence-electron chi connectivity index (χ3n) is 9.96. The fraction of sp³-hybridized carbons (Fsp3) is 0.583. The van der Waals surface area contributed by atoms with Gasteiger partial charge in [0.2, 0.25) is 12.1 Å². The number of alkyl carbamates (subject to hydrolysis) is 1. The number of halogens is 2. The zero-order chi connectivity index (χ0) is 40.9. The fourth-order valence-corrected chi connectivity index (χ4v) is 6.86. The summed E-state index contributed by atoms with van der Waals surface area (Å²) in [5, 5.41) is 6.81. The van der Waals surface area contributed by atoms with Crippen molar-refractivity contribution in [3.63, 3.8) is 0 Å². The van der Waals surface area contributed by atoms with Crippen LogP contribution in [-0.4, -0.2) is 81.7 Å². The van der Waals surface area contributed by atoms with Gasteiger partial charge >= 0.3 is 23.8 Å². The number of benzene rings is 1. The van der Waals surface area contributed by atoms with Gasteiger partial charge in [-0.2, -0.15) is 13.8 Å². The van der Waals surface area contributed by atoms with Crippen molar-refractivity contribution >= 4 is 46.2 Å². The number of carbonyl (C=O) groups excluding carboxylic acids is 3. The zero-order valence-corrected chi connectivity index (χ0v) is 35.0. The number of alkyl halides is 2. The van der Waals surface area contributed by atoms with Crippen LogP contribution in [-0.2, 0) is 34.5 Å². The molecule has 1 aromatic carbocycles. The van der Waals surface area contributed by atoms with Crippen molar-refractivity contribution in [1.82, 2.24) is 14.9 Å². The molecular weight excluding hydrogens is 741 g/mol. The zero-order valence-electron chi connectivity index (χ0n) is 33.0. The van der Waals surface area contributed by atoms with E-state index in [0.717, 1.165) is 6.20 Å². The summed E-state index contributed by atoms with van der Waals surface area (Å²) < 4.78 is 61.9. The van der Waals surface area contributed by atoms with E-state index in [1.807, 2.05) is 67.7 Å². The molecule has 0 bridgehead atoms. The molecule has 0 spiro atoms. The highest BCUT2D eigenvalue weighted by atomic mass is 28.4. The van der Waals surface area contributed by atoms with Gasteiger partial charge in [-0.05, 0) is 67.0 Å². The molecule has 1 aromatic heterocycles. The maximum absolute atomic E-state index is 16.3. The number of anilines is 2. The highest BCUT2D eigenvalue weighted by Gasteiger charge is 2.63. The number of hydrogen-bond acceptors (Lipinski definition) is 10. The summed E-state index contributed by atoms with van der Waals surface area (Å²) in [5.74, 6) is -4.34. The predicted molar refractivity (Wildman–Crippen MR) is 206 cm³/mol. The van der Waals surface area contributed by atoms with Gasteiger partial charge in [0.15, 0.2) is 16.6 Å². The summed E-state index contributed by atoms with van der Waals surface area (Å²) in [6.45, 7) is 24.4. The first-order chi connectivity index (χ1) is 24.8. The van der Waals surface area contributed by atoms with Gasteiger partial charge in [0.1, 0.15) is 37.3 Å². The Labute approximate surface area is 317 Å². The van der Waals surface area contributed by atoms with E-state index in [1.54, 1.807) is 24.3 Å². The lowest BCUT2D eigenvalue weighted by Gasteiger charge is -2.41. The van der Waals surface area contributed by atoms with Crippen molar-refractivity contribution in [2.45, 2.75) is 122 Å². The quantitative estimate of drug-likeness (QED) is 0.132. The largest absolute Gasteiger partial charge is 0.445 e. The minimum atomic E-state index is -3.64. The average Bonchev–Trinajstić information content (AvgIpc) is 3.29. The molecule has 14 nitrogen and oxygen atoms in total. The van der Waals surface area contributed by atoms with E-state index in [0.29, 0.717) is 15.8 Å². The molecule has 1 aliphatic rings. The first kappa shape index (κ1) is 44.4. The molecular formula is C36H55F2N5O9Si2. The maximum atomic E-state index is 16.3. The van der Waals surface area contributed by atoms with Gasteiger partial charge in [-0.1, -0.05) is 66.3 Å². The highest BCUT2D eigenvalue weighted by molar-refractivity contribution is 6.74. The molecule has 18 heteroatoms. The van der Waals surface area contributed by atoms with E-state index >= 15 is 8.78 Å². The van der Waals surface area contributed by atoms with E-state index in [-0.39, 0.29) is 35.7 Å². The Morgan fingerprint density at radius 2 is 1.59 bits per heavy atom. The normalized spacial score (nSPS) is 19.4. The number of hydrogen-bond donors (Lipinski definition) is 3. The van der Waals surface area contributed by atoms with Gasteiger partial charge < -0.3 is 33.7 Å². The molecule has 54 heavy (non-hydrogen) atoms. The number of carbonyl (C=O) groups is 3. The SMILES string of the molecule is C=CCOC(=O)N[C@@H](C)C(=O)Nc1ccc(COC(=O)Nc2ccn([C@@H]3O[C@H](CO[Si](C)(C)C(C)(C)C)[C@@H](O[Si](C)(C)C(C)(C)C)C3(F)F)c(=O)n2)cc1. The smallest absolute Gasteiger partial charge is 0.413 e. The summed E-state index contributed by atoms with van der Waals surface area (Å²) in [6, 6.07) is 6.67. The first-order valence-electron chi connectivity index (χ1n) is 17.6. The molecule has 3 N–H and O–H groups in total. The van der Waals surface area contributed by atoms with Crippen LogP contribution in [0.4, 0.5) is 29.9 Å². The molecule has 0 unspecified atom stereocenters. The molecule has 0 saturated carbocycles. The van der Waals surface area contributed by atoms with Crippen LogP contribution in [0, 0.1) is 0 Å². The van der Waals surface area contributed by atoms with Crippen LogP contribution in [0.15, 0.2) is 54.0 Å². The second kappa shape index (κ2) is 17.2. The molecule has 4 atom stereocenters. The van der Waals surface area contributed by atoms with E-state index in [2.05, 4.69) is 27.5 Å². The second-order valence-corrected chi connectivity index (χ2v) is 25.8. The minimum absolute atomic E-state index is 0.00404. The van der Waals surface area contributed by atoms with Gasteiger partial charge in [0.05, 0.1) is 6.61 Å². The van der Waals surface area contributed by atoms with Gasteiger partial charge in [-0.3, -0.25) is 14.7 Å². The summed E-state index contributed by atoms with van der Waals surface area (Å²) in [4.78, 5) is 53.5. The van der Waals surface area contributed by atoms with Gasteiger partial charge in [-0.25, -0.2) is 14.4 Å². The molecule has 1 aliphatic heterocycles. The summed E-state index contributed by atoms with van der Waals surface area (Å²) in [7, 11) is -5.10. The molecule has 2 heterocycles. The van der Waals surface area contributed by atoms with E-state index in [1.165, 1.54) is 19.1 Å². The number of aromatic nitrogens is 2. The monoisotopic (exact) mass is 795 g/mol.